The summed E-state index contributed by atoms with van der Waals surface area (Å²) >= 11 is 7.78. The van der Waals surface area contributed by atoms with Crippen molar-refractivity contribution in [1.82, 2.24) is 9.97 Å². The Balaban J connectivity index is 2.06. The summed E-state index contributed by atoms with van der Waals surface area (Å²) in [7, 11) is 0. The van der Waals surface area contributed by atoms with Gasteiger partial charge in [0.05, 0.1) is 22.2 Å². The molecule has 6 heteroatoms. The third-order valence-electron chi connectivity index (χ3n) is 3.67. The highest BCUT2D eigenvalue weighted by molar-refractivity contribution is 7.19. The Morgan fingerprint density at radius 3 is 2.91 bits per heavy atom. The Bertz CT molecular complexity index is 783. The Morgan fingerprint density at radius 1 is 1.41 bits per heavy atom. The summed E-state index contributed by atoms with van der Waals surface area (Å²) in [4.78, 5) is 10.0. The van der Waals surface area contributed by atoms with Crippen LogP contribution in [0.1, 0.15) is 28.8 Å². The molecule has 0 spiro atoms. The van der Waals surface area contributed by atoms with Gasteiger partial charge < -0.3 is 9.52 Å². The van der Waals surface area contributed by atoms with Crippen LogP contribution in [0.2, 0.25) is 5.28 Å². The quantitative estimate of drug-likeness (QED) is 0.715. The zero-order valence-electron chi connectivity index (χ0n) is 12.5. The number of halogens is 1. The summed E-state index contributed by atoms with van der Waals surface area (Å²) in [5, 5.41) is 9.54. The van der Waals surface area contributed by atoms with Crippen LogP contribution in [0.25, 0.3) is 10.2 Å². The van der Waals surface area contributed by atoms with E-state index < -0.39 is 0 Å². The third kappa shape index (κ3) is 3.02. The van der Waals surface area contributed by atoms with Crippen molar-refractivity contribution in [2.45, 2.75) is 26.7 Å². The van der Waals surface area contributed by atoms with E-state index in [1.807, 2.05) is 19.1 Å². The molecule has 0 aliphatic rings. The number of aliphatic hydroxyl groups is 1. The molecule has 3 aromatic heterocycles. The predicted molar refractivity (Wildman–Crippen MR) is 88.6 cm³/mol. The molecule has 1 N–H and O–H groups in total. The Kier molecular flexibility index (Phi) is 4.47. The van der Waals surface area contributed by atoms with Gasteiger partial charge in [0.2, 0.25) is 5.28 Å². The number of furan rings is 1. The van der Waals surface area contributed by atoms with E-state index in [2.05, 4.69) is 16.9 Å². The molecule has 0 aliphatic heterocycles. The molecule has 0 fully saturated rings. The molecule has 0 aliphatic carbocycles. The molecule has 0 unspecified atom stereocenters. The molecule has 1 atom stereocenters. The predicted octanol–water partition coefficient (Wildman–Crippen LogP) is 4.01. The lowest BCUT2D eigenvalue weighted by Gasteiger charge is -2.05. The molecule has 0 aromatic carbocycles. The highest BCUT2D eigenvalue weighted by Crippen LogP contribution is 2.34. The molecule has 0 amide bonds. The monoisotopic (exact) mass is 336 g/mol. The Labute approximate surface area is 137 Å². The van der Waals surface area contributed by atoms with Crippen molar-refractivity contribution in [1.29, 1.82) is 0 Å². The van der Waals surface area contributed by atoms with Gasteiger partial charge in [-0.2, -0.15) is 0 Å². The van der Waals surface area contributed by atoms with Crippen LogP contribution in [0.15, 0.2) is 22.8 Å². The lowest BCUT2D eigenvalue weighted by Crippen LogP contribution is -2.03. The average molecular weight is 337 g/mol. The van der Waals surface area contributed by atoms with Crippen molar-refractivity contribution in [2.75, 3.05) is 6.61 Å². The summed E-state index contributed by atoms with van der Waals surface area (Å²) in [6.07, 6.45) is 3.09. The molecule has 0 saturated carbocycles. The van der Waals surface area contributed by atoms with Gasteiger partial charge in [0.15, 0.2) is 0 Å². The summed E-state index contributed by atoms with van der Waals surface area (Å²) in [6, 6.07) is 3.79. The number of hydrogen-bond donors (Lipinski definition) is 1. The number of nitrogens with zero attached hydrogens (tertiary/aromatic N) is 2. The molecule has 116 valence electrons. The maximum atomic E-state index is 9.27. The number of aryl methyl sites for hydroxylation is 1. The summed E-state index contributed by atoms with van der Waals surface area (Å²) < 4.78 is 6.47. The van der Waals surface area contributed by atoms with E-state index >= 15 is 0 Å². The number of thiophene rings is 1. The van der Waals surface area contributed by atoms with E-state index in [-0.39, 0.29) is 17.8 Å². The van der Waals surface area contributed by atoms with E-state index in [4.69, 9.17) is 16.0 Å². The van der Waals surface area contributed by atoms with Crippen LogP contribution in [0.4, 0.5) is 0 Å². The highest BCUT2D eigenvalue weighted by Gasteiger charge is 2.17. The zero-order chi connectivity index (χ0) is 15.7. The zero-order valence-corrected chi connectivity index (χ0v) is 14.0. The van der Waals surface area contributed by atoms with Gasteiger partial charge in [-0.3, -0.25) is 0 Å². The van der Waals surface area contributed by atoms with Crippen LogP contribution in [-0.4, -0.2) is 21.7 Å². The van der Waals surface area contributed by atoms with Crippen molar-refractivity contribution in [2.24, 2.45) is 5.92 Å². The topological polar surface area (TPSA) is 59.2 Å². The third-order valence-corrected chi connectivity index (χ3v) is 5.20. The van der Waals surface area contributed by atoms with Crippen LogP contribution in [0.5, 0.6) is 0 Å². The van der Waals surface area contributed by atoms with Gasteiger partial charge in [0.1, 0.15) is 5.76 Å². The second-order valence-electron chi connectivity index (χ2n) is 5.52. The normalized spacial score (nSPS) is 12.9. The lowest BCUT2D eigenvalue weighted by atomic mass is 10.1. The minimum Gasteiger partial charge on any atom is -0.469 e. The summed E-state index contributed by atoms with van der Waals surface area (Å²) in [5.41, 5.74) is 2.93. The molecule has 0 bridgehead atoms. The maximum absolute atomic E-state index is 9.27. The first-order valence-electron chi connectivity index (χ1n) is 7.16. The molecule has 3 heterocycles. The van der Waals surface area contributed by atoms with Gasteiger partial charge in [0.25, 0.3) is 0 Å². The number of aliphatic hydroxyl groups excluding tert-OH is 1. The van der Waals surface area contributed by atoms with E-state index in [9.17, 15) is 5.11 Å². The van der Waals surface area contributed by atoms with Gasteiger partial charge in [-0.1, -0.05) is 6.92 Å². The van der Waals surface area contributed by atoms with E-state index in [0.717, 1.165) is 33.7 Å². The van der Waals surface area contributed by atoms with Crippen molar-refractivity contribution in [3.05, 3.63) is 45.6 Å². The van der Waals surface area contributed by atoms with Crippen LogP contribution < -0.4 is 0 Å². The molecular weight excluding hydrogens is 320 g/mol. The number of rotatable bonds is 5. The van der Waals surface area contributed by atoms with Gasteiger partial charge in [-0.15, -0.1) is 11.3 Å². The van der Waals surface area contributed by atoms with Crippen LogP contribution in [0.3, 0.4) is 0 Å². The van der Waals surface area contributed by atoms with Crippen molar-refractivity contribution in [3.8, 4) is 0 Å². The van der Waals surface area contributed by atoms with Gasteiger partial charge in [-0.05, 0) is 48.6 Å². The van der Waals surface area contributed by atoms with Crippen LogP contribution in [0, 0.1) is 12.8 Å². The molecule has 4 nitrogen and oxygen atoms in total. The SMILES string of the molecule is Cc1c(C[C@H](C)CO)sc2c(Cc3ccco3)nc(Cl)nc12. The van der Waals surface area contributed by atoms with Crippen molar-refractivity contribution >= 4 is 33.2 Å². The fourth-order valence-electron chi connectivity index (χ4n) is 2.43. The maximum Gasteiger partial charge on any atom is 0.223 e. The van der Waals surface area contributed by atoms with Gasteiger partial charge in [-0.25, -0.2) is 9.97 Å². The molecule has 0 radical (unpaired) electrons. The Morgan fingerprint density at radius 2 is 2.23 bits per heavy atom. The van der Waals surface area contributed by atoms with Crippen molar-refractivity contribution in [3.63, 3.8) is 0 Å². The molecule has 22 heavy (non-hydrogen) atoms. The van der Waals surface area contributed by atoms with E-state index in [1.165, 1.54) is 4.88 Å². The smallest absolute Gasteiger partial charge is 0.223 e. The first kappa shape index (κ1) is 15.5. The van der Waals surface area contributed by atoms with E-state index in [0.29, 0.717) is 6.42 Å². The second-order valence-corrected chi connectivity index (χ2v) is 6.96. The second kappa shape index (κ2) is 6.36. The summed E-state index contributed by atoms with van der Waals surface area (Å²) in [6.45, 7) is 4.27. The standard InChI is InChI=1S/C16H17ClN2O2S/c1-9(8-20)6-13-10(2)14-15(22-13)12(18-16(17)19-14)7-11-4-3-5-21-11/h3-5,9,20H,6-8H2,1-2H3/t9-/m0/s1. The van der Waals surface area contributed by atoms with Crippen LogP contribution >= 0.6 is 22.9 Å². The number of hydrogen-bond acceptors (Lipinski definition) is 5. The summed E-state index contributed by atoms with van der Waals surface area (Å²) in [5.74, 6) is 1.08. The first-order valence-corrected chi connectivity index (χ1v) is 8.35. The number of aromatic nitrogens is 2. The molecular formula is C16H17ClN2O2S. The molecule has 0 saturated heterocycles. The lowest BCUT2D eigenvalue weighted by molar-refractivity contribution is 0.237. The fourth-order valence-corrected chi connectivity index (χ4v) is 4.02. The number of fused-ring (bicyclic) bond motifs is 1. The van der Waals surface area contributed by atoms with E-state index in [1.54, 1.807) is 17.6 Å². The minimum atomic E-state index is 0.180. The Hall–Kier alpha value is -1.43. The van der Waals surface area contributed by atoms with Gasteiger partial charge in [0, 0.05) is 17.9 Å². The average Bonchev–Trinajstić information content (AvgIpc) is 3.09. The molecule has 3 aromatic rings. The first-order chi connectivity index (χ1) is 10.6. The minimum absolute atomic E-state index is 0.180. The van der Waals surface area contributed by atoms with Crippen LogP contribution in [-0.2, 0) is 12.8 Å². The van der Waals surface area contributed by atoms with Crippen molar-refractivity contribution < 1.29 is 9.52 Å². The van der Waals surface area contributed by atoms with Gasteiger partial charge >= 0.3 is 0 Å². The largest absolute Gasteiger partial charge is 0.469 e. The molecule has 3 rings (SSSR count). The fraction of sp³-hybridized carbons (Fsp3) is 0.375. The highest BCUT2D eigenvalue weighted by atomic mass is 35.5.